The number of carbonyl (C=O) groups is 1. The molecule has 0 spiro atoms. The molecule has 0 radical (unpaired) electrons. The summed E-state index contributed by atoms with van der Waals surface area (Å²) in [6, 6.07) is 11.2. The van der Waals surface area contributed by atoms with Gasteiger partial charge in [0.25, 0.3) is 0 Å². The number of benzene rings is 2. The van der Waals surface area contributed by atoms with E-state index in [1.165, 1.54) is 25.3 Å². The predicted molar refractivity (Wildman–Crippen MR) is 110 cm³/mol. The monoisotopic (exact) mass is 441 g/mol. The van der Waals surface area contributed by atoms with Crippen molar-refractivity contribution in [1.82, 2.24) is 4.31 Å². The topological polar surface area (TPSA) is 82.1 Å². The number of halogens is 1. The smallest absolute Gasteiger partial charge is 0.321 e. The van der Waals surface area contributed by atoms with Gasteiger partial charge in [0.2, 0.25) is 10.0 Å². The van der Waals surface area contributed by atoms with Crippen LogP contribution in [-0.2, 0) is 26.1 Å². The maximum atomic E-state index is 13.3. The van der Waals surface area contributed by atoms with Crippen molar-refractivity contribution in [3.05, 3.63) is 53.1 Å². The molecule has 0 atom stereocenters. The van der Waals surface area contributed by atoms with Crippen LogP contribution in [0, 0.1) is 0 Å². The van der Waals surface area contributed by atoms with Gasteiger partial charge in [-0.25, -0.2) is 8.42 Å². The first-order valence-corrected chi connectivity index (χ1v) is 10.8. The van der Waals surface area contributed by atoms with E-state index in [-0.39, 0.29) is 11.4 Å². The number of ether oxygens (including phenoxy) is 3. The Kier molecular flexibility index (Phi) is 8.31. The normalized spacial score (nSPS) is 11.3. The van der Waals surface area contributed by atoms with Crippen LogP contribution >= 0.6 is 11.6 Å². The second kappa shape index (κ2) is 10.5. The lowest BCUT2D eigenvalue weighted by Crippen LogP contribution is -2.35. The Bertz CT molecular complexity index is 948. The number of hydrogen-bond acceptors (Lipinski definition) is 6. The molecule has 2 aromatic carbocycles. The molecule has 0 saturated carbocycles. The van der Waals surface area contributed by atoms with Gasteiger partial charge in [-0.05, 0) is 37.6 Å². The number of sulfonamides is 1. The van der Waals surface area contributed by atoms with Crippen molar-refractivity contribution in [3.8, 4) is 11.5 Å². The molecule has 0 heterocycles. The molecule has 0 amide bonds. The van der Waals surface area contributed by atoms with Crippen molar-refractivity contribution in [2.75, 3.05) is 26.9 Å². The van der Waals surface area contributed by atoms with E-state index in [1.54, 1.807) is 31.2 Å². The maximum Gasteiger partial charge on any atom is 0.321 e. The zero-order valence-electron chi connectivity index (χ0n) is 16.6. The van der Waals surface area contributed by atoms with Crippen molar-refractivity contribution >= 4 is 27.6 Å². The summed E-state index contributed by atoms with van der Waals surface area (Å²) in [4.78, 5) is 11.9. The Balaban J connectivity index is 2.46. The van der Waals surface area contributed by atoms with Gasteiger partial charge in [-0.15, -0.1) is 0 Å². The van der Waals surface area contributed by atoms with E-state index in [4.69, 9.17) is 21.1 Å². The summed E-state index contributed by atoms with van der Waals surface area (Å²) in [6.07, 6.45) is 0. The average Bonchev–Trinajstić information content (AvgIpc) is 2.70. The van der Waals surface area contributed by atoms with Crippen LogP contribution in [0.2, 0.25) is 5.02 Å². The van der Waals surface area contributed by atoms with Gasteiger partial charge in [-0.3, -0.25) is 4.79 Å². The van der Waals surface area contributed by atoms with Gasteiger partial charge in [0.15, 0.2) is 11.5 Å². The molecule has 0 aliphatic carbocycles. The van der Waals surface area contributed by atoms with Gasteiger partial charge in [0, 0.05) is 17.6 Å². The number of hydrogen-bond donors (Lipinski definition) is 0. The van der Waals surface area contributed by atoms with E-state index in [9.17, 15) is 13.2 Å². The summed E-state index contributed by atoms with van der Waals surface area (Å²) in [7, 11) is -2.85. The Morgan fingerprint density at radius 1 is 1.03 bits per heavy atom. The van der Waals surface area contributed by atoms with Crippen LogP contribution in [0.25, 0.3) is 0 Å². The first-order valence-electron chi connectivity index (χ1n) is 9.03. The molecule has 0 unspecified atom stereocenters. The Labute approximate surface area is 176 Å². The fourth-order valence-electron chi connectivity index (χ4n) is 2.59. The quantitative estimate of drug-likeness (QED) is 0.525. The van der Waals surface area contributed by atoms with E-state index >= 15 is 0 Å². The number of nitrogens with zero attached hydrogens (tertiary/aromatic N) is 1. The van der Waals surface area contributed by atoms with Gasteiger partial charge in [-0.2, -0.15) is 4.31 Å². The van der Waals surface area contributed by atoms with Crippen molar-refractivity contribution in [3.63, 3.8) is 0 Å². The van der Waals surface area contributed by atoms with E-state index < -0.39 is 22.5 Å². The summed E-state index contributed by atoms with van der Waals surface area (Å²) in [5.74, 6) is 0.0710. The van der Waals surface area contributed by atoms with Crippen molar-refractivity contribution in [1.29, 1.82) is 0 Å². The molecule has 0 aliphatic rings. The Morgan fingerprint density at radius 2 is 1.69 bits per heavy atom. The van der Waals surface area contributed by atoms with Gasteiger partial charge in [-0.1, -0.05) is 29.8 Å². The number of methoxy groups -OCH3 is 1. The van der Waals surface area contributed by atoms with Gasteiger partial charge >= 0.3 is 5.97 Å². The van der Waals surface area contributed by atoms with Gasteiger partial charge in [0.05, 0.1) is 25.2 Å². The highest BCUT2D eigenvalue weighted by Gasteiger charge is 2.29. The van der Waals surface area contributed by atoms with E-state index in [2.05, 4.69) is 4.74 Å². The van der Waals surface area contributed by atoms with Crippen molar-refractivity contribution in [2.24, 2.45) is 0 Å². The molecule has 0 saturated heterocycles. The number of carbonyl (C=O) groups excluding carboxylic acids is 1. The van der Waals surface area contributed by atoms with E-state index in [1.807, 2.05) is 6.92 Å². The molecule has 9 heteroatoms. The van der Waals surface area contributed by atoms with Crippen molar-refractivity contribution < 1.29 is 27.4 Å². The summed E-state index contributed by atoms with van der Waals surface area (Å²) in [5, 5.41) is 0.402. The van der Waals surface area contributed by atoms with Crippen LogP contribution in [0.4, 0.5) is 0 Å². The third-order valence-corrected chi connectivity index (χ3v) is 6.15. The lowest BCUT2D eigenvalue weighted by Gasteiger charge is -2.22. The highest BCUT2D eigenvalue weighted by atomic mass is 35.5. The molecular formula is C20H24ClNO6S. The third kappa shape index (κ3) is 5.85. The maximum absolute atomic E-state index is 13.3. The van der Waals surface area contributed by atoms with E-state index in [0.717, 1.165) is 4.31 Å². The van der Waals surface area contributed by atoms with Gasteiger partial charge < -0.3 is 14.2 Å². The van der Waals surface area contributed by atoms with Crippen molar-refractivity contribution in [2.45, 2.75) is 25.3 Å². The lowest BCUT2D eigenvalue weighted by molar-refractivity contribution is -0.140. The predicted octanol–water partition coefficient (Wildman–Crippen LogP) is 3.50. The summed E-state index contributed by atoms with van der Waals surface area (Å²) in [5.41, 5.74) is 0.567. The fourth-order valence-corrected chi connectivity index (χ4v) is 4.17. The highest BCUT2D eigenvalue weighted by molar-refractivity contribution is 7.89. The van der Waals surface area contributed by atoms with E-state index in [0.29, 0.717) is 35.3 Å². The minimum atomic E-state index is -4.06. The first kappa shape index (κ1) is 23.0. The number of rotatable bonds is 10. The molecule has 29 heavy (non-hydrogen) atoms. The SMILES string of the molecule is CCOc1ccc(S(=O)(=O)N(CC(=O)OC)Cc2ccccc2Cl)cc1OCC. The Hall–Kier alpha value is -2.29. The molecule has 0 bridgehead atoms. The second-order valence-electron chi connectivity index (χ2n) is 5.92. The van der Waals surface area contributed by atoms with Crippen LogP contribution in [0.15, 0.2) is 47.4 Å². The molecule has 7 nitrogen and oxygen atoms in total. The van der Waals surface area contributed by atoms with Crippen LogP contribution in [-0.4, -0.2) is 45.6 Å². The molecule has 0 N–H and O–H groups in total. The highest BCUT2D eigenvalue weighted by Crippen LogP contribution is 2.32. The van der Waals surface area contributed by atoms with Crippen LogP contribution < -0.4 is 9.47 Å². The standard InChI is InChI=1S/C20H24ClNO6S/c1-4-27-18-11-10-16(12-19(18)28-5-2)29(24,25)22(14-20(23)26-3)13-15-8-6-7-9-17(15)21/h6-12H,4-5,13-14H2,1-3H3. The minimum absolute atomic E-state index is 0.0274. The van der Waals surface area contributed by atoms with Crippen LogP contribution in [0.5, 0.6) is 11.5 Å². The first-order chi connectivity index (χ1) is 13.8. The molecule has 158 valence electrons. The van der Waals surface area contributed by atoms with Gasteiger partial charge in [0.1, 0.15) is 6.54 Å². The van der Waals surface area contributed by atoms with Crippen LogP contribution in [0.1, 0.15) is 19.4 Å². The molecule has 0 aromatic heterocycles. The molecule has 2 rings (SSSR count). The molecule has 2 aromatic rings. The summed E-state index contributed by atoms with van der Waals surface area (Å²) < 4.78 is 43.3. The Morgan fingerprint density at radius 3 is 2.31 bits per heavy atom. The minimum Gasteiger partial charge on any atom is -0.490 e. The zero-order chi connectivity index (χ0) is 21.4. The summed E-state index contributed by atoms with van der Waals surface area (Å²) >= 11 is 6.18. The molecule has 0 fully saturated rings. The molecule has 0 aliphatic heterocycles. The lowest BCUT2D eigenvalue weighted by atomic mass is 10.2. The van der Waals surface area contributed by atoms with Crippen LogP contribution in [0.3, 0.4) is 0 Å². The average molecular weight is 442 g/mol. The molecular weight excluding hydrogens is 418 g/mol. The zero-order valence-corrected chi connectivity index (χ0v) is 18.1. The third-order valence-electron chi connectivity index (χ3n) is 3.99. The second-order valence-corrected chi connectivity index (χ2v) is 8.26. The fraction of sp³-hybridized carbons (Fsp3) is 0.350. The number of esters is 1. The summed E-state index contributed by atoms with van der Waals surface area (Å²) in [6.45, 7) is 3.82. The largest absolute Gasteiger partial charge is 0.490 e.